The van der Waals surface area contributed by atoms with Crippen molar-refractivity contribution in [2.75, 3.05) is 6.61 Å². The van der Waals surface area contributed by atoms with E-state index in [1.807, 2.05) is 6.92 Å². The normalized spacial score (nSPS) is 11.5. The molecule has 0 radical (unpaired) electrons. The van der Waals surface area contributed by atoms with Crippen LogP contribution < -0.4 is 4.74 Å². The molecule has 3 heteroatoms. The Kier molecular flexibility index (Phi) is 6.92. The summed E-state index contributed by atoms with van der Waals surface area (Å²) in [5.74, 6) is 0.578. The zero-order chi connectivity index (χ0) is 16.8. The SMILES string of the molecule is CCc1cc(C(C)=O)c(O)cc1OCCCCCC(C)(C)C. The van der Waals surface area contributed by atoms with Gasteiger partial charge in [-0.25, -0.2) is 0 Å². The fourth-order valence-corrected chi connectivity index (χ4v) is 2.42. The van der Waals surface area contributed by atoms with Crippen LogP contribution in [0.3, 0.4) is 0 Å². The first-order valence-corrected chi connectivity index (χ1v) is 8.24. The van der Waals surface area contributed by atoms with E-state index in [2.05, 4.69) is 20.8 Å². The molecular weight excluding hydrogens is 276 g/mol. The summed E-state index contributed by atoms with van der Waals surface area (Å²) in [4.78, 5) is 11.5. The van der Waals surface area contributed by atoms with E-state index in [0.29, 0.717) is 23.3 Å². The van der Waals surface area contributed by atoms with Crippen LogP contribution in [0.5, 0.6) is 11.5 Å². The molecule has 1 rings (SSSR count). The number of ketones is 1. The number of unbranched alkanes of at least 4 members (excludes halogenated alkanes) is 2. The fraction of sp³-hybridized carbons (Fsp3) is 0.632. The van der Waals surface area contributed by atoms with E-state index in [0.717, 1.165) is 24.8 Å². The third-order valence-corrected chi connectivity index (χ3v) is 3.77. The number of ether oxygens (including phenoxy) is 1. The van der Waals surface area contributed by atoms with Gasteiger partial charge < -0.3 is 9.84 Å². The number of phenols is 1. The predicted octanol–water partition coefficient (Wildman–Crippen LogP) is 5.14. The second-order valence-corrected chi connectivity index (χ2v) is 7.11. The molecule has 0 fully saturated rings. The molecule has 0 heterocycles. The van der Waals surface area contributed by atoms with Gasteiger partial charge in [-0.3, -0.25) is 4.79 Å². The van der Waals surface area contributed by atoms with E-state index in [1.54, 1.807) is 12.1 Å². The molecular formula is C19H30O3. The van der Waals surface area contributed by atoms with Gasteiger partial charge in [-0.1, -0.05) is 40.5 Å². The minimum absolute atomic E-state index is 0.00688. The standard InChI is InChI=1S/C19H30O3/c1-6-15-12-16(14(2)20)17(21)13-18(15)22-11-9-7-8-10-19(3,4)5/h12-13,21H,6-11H2,1-5H3. The van der Waals surface area contributed by atoms with Crippen molar-refractivity contribution in [2.45, 2.75) is 66.7 Å². The Bertz CT molecular complexity index is 498. The third kappa shape index (κ3) is 6.08. The number of aryl methyl sites for hydroxylation is 1. The third-order valence-electron chi connectivity index (χ3n) is 3.77. The van der Waals surface area contributed by atoms with Crippen LogP contribution in [0.2, 0.25) is 0 Å². The Morgan fingerprint density at radius 2 is 1.86 bits per heavy atom. The number of carbonyl (C=O) groups is 1. The van der Waals surface area contributed by atoms with Crippen molar-refractivity contribution < 1.29 is 14.6 Å². The van der Waals surface area contributed by atoms with Gasteiger partial charge in [0.2, 0.25) is 0 Å². The summed E-state index contributed by atoms with van der Waals surface area (Å²) in [7, 11) is 0. The van der Waals surface area contributed by atoms with Gasteiger partial charge in [0.05, 0.1) is 12.2 Å². The molecule has 0 unspecified atom stereocenters. The lowest BCUT2D eigenvalue weighted by Gasteiger charge is -2.17. The van der Waals surface area contributed by atoms with Gasteiger partial charge in [0, 0.05) is 6.07 Å². The van der Waals surface area contributed by atoms with E-state index in [4.69, 9.17) is 4.74 Å². The molecule has 0 bridgehead atoms. The van der Waals surface area contributed by atoms with Gasteiger partial charge in [-0.05, 0) is 43.2 Å². The first-order chi connectivity index (χ1) is 10.2. The number of benzene rings is 1. The lowest BCUT2D eigenvalue weighted by molar-refractivity contribution is 0.101. The van der Waals surface area contributed by atoms with Gasteiger partial charge in [-0.2, -0.15) is 0 Å². The zero-order valence-corrected chi connectivity index (χ0v) is 14.7. The highest BCUT2D eigenvalue weighted by Gasteiger charge is 2.13. The van der Waals surface area contributed by atoms with Crippen molar-refractivity contribution in [2.24, 2.45) is 5.41 Å². The van der Waals surface area contributed by atoms with E-state index in [1.165, 1.54) is 19.8 Å². The molecule has 0 saturated carbocycles. The predicted molar refractivity (Wildman–Crippen MR) is 90.9 cm³/mol. The minimum atomic E-state index is -0.124. The molecule has 124 valence electrons. The van der Waals surface area contributed by atoms with Crippen LogP contribution in [-0.2, 0) is 6.42 Å². The van der Waals surface area contributed by atoms with E-state index in [9.17, 15) is 9.90 Å². The maximum atomic E-state index is 11.5. The molecule has 0 amide bonds. The van der Waals surface area contributed by atoms with Crippen LogP contribution in [0.25, 0.3) is 0 Å². The monoisotopic (exact) mass is 306 g/mol. The zero-order valence-electron chi connectivity index (χ0n) is 14.7. The van der Waals surface area contributed by atoms with Crippen LogP contribution in [0, 0.1) is 5.41 Å². The largest absolute Gasteiger partial charge is 0.507 e. The van der Waals surface area contributed by atoms with Crippen LogP contribution in [0.4, 0.5) is 0 Å². The quantitative estimate of drug-likeness (QED) is 0.534. The Hall–Kier alpha value is -1.51. The minimum Gasteiger partial charge on any atom is -0.507 e. The van der Waals surface area contributed by atoms with E-state index < -0.39 is 0 Å². The van der Waals surface area contributed by atoms with Crippen molar-refractivity contribution in [1.29, 1.82) is 0 Å². The molecule has 0 aliphatic carbocycles. The number of phenolic OH excluding ortho intramolecular Hbond substituents is 1. The molecule has 1 aromatic rings. The van der Waals surface area contributed by atoms with Gasteiger partial charge in [0.25, 0.3) is 0 Å². The van der Waals surface area contributed by atoms with E-state index in [-0.39, 0.29) is 11.5 Å². The van der Waals surface area contributed by atoms with Crippen molar-refractivity contribution in [1.82, 2.24) is 0 Å². The number of rotatable bonds is 8. The summed E-state index contributed by atoms with van der Waals surface area (Å²) in [6, 6.07) is 3.32. The molecule has 1 aromatic carbocycles. The number of aromatic hydroxyl groups is 1. The first kappa shape index (κ1) is 18.5. The average Bonchev–Trinajstić information content (AvgIpc) is 2.41. The summed E-state index contributed by atoms with van der Waals surface area (Å²) in [5.41, 5.74) is 1.73. The van der Waals surface area contributed by atoms with Gasteiger partial charge >= 0.3 is 0 Å². The lowest BCUT2D eigenvalue weighted by Crippen LogP contribution is -2.05. The average molecular weight is 306 g/mol. The summed E-state index contributed by atoms with van der Waals surface area (Å²) in [6.07, 6.45) is 5.37. The maximum absolute atomic E-state index is 11.5. The Morgan fingerprint density at radius 3 is 2.41 bits per heavy atom. The molecule has 0 atom stereocenters. The smallest absolute Gasteiger partial charge is 0.163 e. The van der Waals surface area contributed by atoms with Crippen molar-refractivity contribution in [3.05, 3.63) is 23.3 Å². The second-order valence-electron chi connectivity index (χ2n) is 7.11. The van der Waals surface area contributed by atoms with Crippen molar-refractivity contribution in [3.63, 3.8) is 0 Å². The number of hydrogen-bond donors (Lipinski definition) is 1. The van der Waals surface area contributed by atoms with Crippen molar-refractivity contribution in [3.8, 4) is 11.5 Å². The topological polar surface area (TPSA) is 46.5 Å². The molecule has 0 aromatic heterocycles. The van der Waals surface area contributed by atoms with Gasteiger partial charge in [0.1, 0.15) is 11.5 Å². The molecule has 22 heavy (non-hydrogen) atoms. The lowest BCUT2D eigenvalue weighted by atomic mass is 9.89. The van der Waals surface area contributed by atoms with Crippen LogP contribution in [0.15, 0.2) is 12.1 Å². The highest BCUT2D eigenvalue weighted by Crippen LogP contribution is 2.29. The van der Waals surface area contributed by atoms with Crippen LogP contribution in [-0.4, -0.2) is 17.5 Å². The maximum Gasteiger partial charge on any atom is 0.163 e. The molecule has 1 N–H and O–H groups in total. The summed E-state index contributed by atoms with van der Waals surface area (Å²) < 4.78 is 5.80. The molecule has 0 saturated heterocycles. The molecule has 3 nitrogen and oxygen atoms in total. The highest BCUT2D eigenvalue weighted by molar-refractivity contribution is 5.97. The molecule has 0 spiro atoms. The molecule has 0 aliphatic rings. The van der Waals surface area contributed by atoms with Crippen molar-refractivity contribution >= 4 is 5.78 Å². The summed E-state index contributed by atoms with van der Waals surface area (Å²) in [6.45, 7) is 10.9. The number of Topliss-reactive ketones (excluding diaryl/α,β-unsaturated/α-hetero) is 1. The Morgan fingerprint density at radius 1 is 1.18 bits per heavy atom. The fourth-order valence-electron chi connectivity index (χ4n) is 2.42. The number of carbonyl (C=O) groups excluding carboxylic acids is 1. The Balaban J connectivity index is 2.52. The Labute approximate surface area is 134 Å². The van der Waals surface area contributed by atoms with E-state index >= 15 is 0 Å². The van der Waals surface area contributed by atoms with Gasteiger partial charge in [-0.15, -0.1) is 0 Å². The van der Waals surface area contributed by atoms with Gasteiger partial charge in [0.15, 0.2) is 5.78 Å². The molecule has 0 aliphatic heterocycles. The van der Waals surface area contributed by atoms with Crippen LogP contribution >= 0.6 is 0 Å². The number of hydrogen-bond acceptors (Lipinski definition) is 3. The second kappa shape index (κ2) is 8.21. The summed E-state index contributed by atoms with van der Waals surface area (Å²) in [5, 5.41) is 9.91. The first-order valence-electron chi connectivity index (χ1n) is 8.24. The highest BCUT2D eigenvalue weighted by atomic mass is 16.5. The van der Waals surface area contributed by atoms with Crippen LogP contribution in [0.1, 0.15) is 76.2 Å². The summed E-state index contributed by atoms with van der Waals surface area (Å²) >= 11 is 0.